The maximum atomic E-state index is 15.3. The summed E-state index contributed by atoms with van der Waals surface area (Å²) in [7, 11) is 9.13. The number of nitrogens with zero attached hydrogens (tertiary/aromatic N) is 8. The lowest BCUT2D eigenvalue weighted by Crippen LogP contribution is -2.63. The van der Waals surface area contributed by atoms with Crippen molar-refractivity contribution in [2.75, 3.05) is 75.6 Å². The molecule has 0 aliphatic carbocycles. The average molecular weight is 1220 g/mol. The van der Waals surface area contributed by atoms with Crippen molar-refractivity contribution in [3.63, 3.8) is 0 Å². The predicted molar refractivity (Wildman–Crippen MR) is 325 cm³/mol. The minimum atomic E-state index is -1.92. The van der Waals surface area contributed by atoms with Crippen molar-refractivity contribution in [2.45, 2.75) is 161 Å². The van der Waals surface area contributed by atoms with Gasteiger partial charge in [-0.05, 0) is 81.3 Å². The van der Waals surface area contributed by atoms with E-state index in [4.69, 9.17) is 4.74 Å². The van der Waals surface area contributed by atoms with Crippen LogP contribution in [-0.2, 0) is 60.7 Å². The van der Waals surface area contributed by atoms with Gasteiger partial charge in [0.1, 0.15) is 42.3 Å². The summed E-state index contributed by atoms with van der Waals surface area (Å²) in [6, 6.07) is 4.21. The fourth-order valence-electron chi connectivity index (χ4n) is 10.6. The first-order valence-electron chi connectivity index (χ1n) is 30.1. The maximum Gasteiger partial charge on any atom is 0.326 e. The molecule has 4 rings (SSSR count). The van der Waals surface area contributed by atoms with Gasteiger partial charge in [-0.2, -0.15) is 0 Å². The van der Waals surface area contributed by atoms with Gasteiger partial charge in [0.15, 0.2) is 6.04 Å². The number of urea groups is 2. The van der Waals surface area contributed by atoms with Gasteiger partial charge in [0.25, 0.3) is 29.5 Å². The first kappa shape index (κ1) is 72.0. The van der Waals surface area contributed by atoms with Crippen molar-refractivity contribution in [1.29, 1.82) is 0 Å². The topological polar surface area (TPSA) is 291 Å². The minimum Gasteiger partial charge on any atom is -0.391 e. The molecule has 25 heteroatoms. The van der Waals surface area contributed by atoms with Crippen molar-refractivity contribution >= 4 is 65.2 Å². The molecule has 0 radical (unpaired) electrons. The number of carbonyl (C=O) groups is 11. The van der Waals surface area contributed by atoms with Crippen molar-refractivity contribution in [2.24, 2.45) is 17.8 Å². The molecular formula is C62H96N12O13. The first-order chi connectivity index (χ1) is 40.9. The largest absolute Gasteiger partial charge is 0.391 e. The number of likely N-dealkylation sites (N-methyl/N-ethyl adjacent to an activating group) is 7. The second-order valence-electron chi connectivity index (χ2n) is 24.1. The molecule has 10 atom stereocenters. The van der Waals surface area contributed by atoms with Gasteiger partial charge in [-0.3, -0.25) is 58.4 Å². The monoisotopic (exact) mass is 1220 g/mol. The molecule has 2 aromatic rings. The van der Waals surface area contributed by atoms with Gasteiger partial charge in [-0.25, -0.2) is 14.6 Å². The highest BCUT2D eigenvalue weighted by molar-refractivity contribution is 6.09. The number of rotatable bonds is 15. The molecule has 2 aliphatic heterocycles. The van der Waals surface area contributed by atoms with E-state index < -0.39 is 132 Å². The van der Waals surface area contributed by atoms with E-state index in [2.05, 4.69) is 21.4 Å². The van der Waals surface area contributed by atoms with E-state index in [0.717, 1.165) is 33.1 Å². The number of hydrazine groups is 1. The summed E-state index contributed by atoms with van der Waals surface area (Å²) >= 11 is 0. The molecule has 2 saturated heterocycles. The zero-order valence-corrected chi connectivity index (χ0v) is 53.6. The van der Waals surface area contributed by atoms with E-state index in [-0.39, 0.29) is 57.2 Å². The molecule has 13 amide bonds. The van der Waals surface area contributed by atoms with Crippen LogP contribution in [0.1, 0.15) is 105 Å². The number of hydrogen-bond acceptors (Lipinski definition) is 14. The third-order valence-corrected chi connectivity index (χ3v) is 16.2. The molecule has 482 valence electrons. The minimum absolute atomic E-state index is 0.00349. The third kappa shape index (κ3) is 19.7. The summed E-state index contributed by atoms with van der Waals surface area (Å²) in [5.41, 5.74) is 4.15. The molecular weight excluding hydrogens is 1120 g/mol. The zero-order valence-electron chi connectivity index (χ0n) is 53.6. The third-order valence-electron chi connectivity index (χ3n) is 16.2. The predicted octanol–water partition coefficient (Wildman–Crippen LogP) is 2.25. The maximum absolute atomic E-state index is 15.3. The highest BCUT2D eigenvalue weighted by Gasteiger charge is 2.44. The summed E-state index contributed by atoms with van der Waals surface area (Å²) in [6.45, 7) is 13.2. The number of nitrogens with one attached hydrogen (secondary N) is 4. The normalized spacial score (nSPS) is 25.0. The van der Waals surface area contributed by atoms with E-state index >= 15 is 4.79 Å². The van der Waals surface area contributed by atoms with Crippen molar-refractivity contribution in [1.82, 2.24) is 60.7 Å². The van der Waals surface area contributed by atoms with E-state index in [1.54, 1.807) is 95.3 Å². The smallest absolute Gasteiger partial charge is 0.326 e. The van der Waals surface area contributed by atoms with Gasteiger partial charge >= 0.3 is 12.1 Å². The summed E-state index contributed by atoms with van der Waals surface area (Å²) in [4.78, 5) is 170. The molecule has 0 saturated carbocycles. The Labute approximate surface area is 513 Å². The molecule has 2 heterocycles. The lowest BCUT2D eigenvalue weighted by Gasteiger charge is -2.38. The van der Waals surface area contributed by atoms with Crippen LogP contribution in [-0.4, -0.2) is 240 Å². The van der Waals surface area contributed by atoms with Gasteiger partial charge < -0.3 is 50.3 Å². The Morgan fingerprint density at radius 3 is 1.56 bits per heavy atom. The number of aliphatic hydroxyl groups excluding tert-OH is 1. The van der Waals surface area contributed by atoms with Gasteiger partial charge in [-0.15, -0.1) is 0 Å². The number of carbonyl (C=O) groups excluding carboxylic acids is 11. The van der Waals surface area contributed by atoms with E-state index in [0.29, 0.717) is 35.3 Å². The Balaban J connectivity index is 1.96. The van der Waals surface area contributed by atoms with Crippen LogP contribution in [0, 0.1) is 17.8 Å². The highest BCUT2D eigenvalue weighted by Crippen LogP contribution is 2.22. The van der Waals surface area contributed by atoms with Gasteiger partial charge in [-0.1, -0.05) is 109 Å². The second-order valence-corrected chi connectivity index (χ2v) is 24.1. The Kier molecular flexibility index (Phi) is 27.8. The van der Waals surface area contributed by atoms with Crippen LogP contribution in [0.4, 0.5) is 9.59 Å². The second kappa shape index (κ2) is 33.6. The summed E-state index contributed by atoms with van der Waals surface area (Å²) in [6.07, 6.45) is 1.31. The molecule has 87 heavy (non-hydrogen) atoms. The number of benzene rings is 2. The fraction of sp³-hybridized carbons (Fsp3) is 0.629. The molecule has 0 aromatic heterocycles. The van der Waals surface area contributed by atoms with Gasteiger partial charge in [0.05, 0.1) is 19.3 Å². The molecule has 2 aliphatic rings. The Bertz CT molecular complexity index is 2690. The Morgan fingerprint density at radius 1 is 0.563 bits per heavy atom. The number of imide groups is 2. The number of amides is 13. The average Bonchev–Trinajstić information content (AvgIpc) is 2.58. The number of ether oxygens (including phenoxy) is 1. The SMILES string of the molecule is CC[C@H](C)[C@H]1C(=O)N[C@@H](COC[C@@H](C)O)C(=O)N(C)C(=O)N(C)[C@@H](CC(C)C)C(=O)N[C@H](C(=O)N2CCCCC2)C(=O)N(C)[C@@H](C)C(=O)N[C@@H](CC(C)C)C(=O)N(C)C(=O)N(C)[C@@H](Cc2ccccc2)C(=O)NN(C)[C@@H](Cc2ccccc2)C(=O)N1C. The lowest BCUT2D eigenvalue weighted by molar-refractivity contribution is -0.150. The number of likely N-dealkylation sites (tertiary alicyclic amines) is 1. The number of hydrogen-bond donors (Lipinski definition) is 5. The van der Waals surface area contributed by atoms with Crippen LogP contribution in [0.5, 0.6) is 0 Å². The van der Waals surface area contributed by atoms with Crippen molar-refractivity contribution < 1.29 is 62.6 Å². The van der Waals surface area contributed by atoms with Crippen LogP contribution in [0.2, 0.25) is 0 Å². The summed E-state index contributed by atoms with van der Waals surface area (Å²) in [5, 5.41) is 19.5. The van der Waals surface area contributed by atoms with Crippen molar-refractivity contribution in [3.8, 4) is 0 Å². The van der Waals surface area contributed by atoms with Crippen LogP contribution >= 0.6 is 0 Å². The Hall–Kier alpha value is -7.51. The van der Waals surface area contributed by atoms with Crippen LogP contribution in [0.25, 0.3) is 0 Å². The van der Waals surface area contributed by atoms with Gasteiger partial charge in [0, 0.05) is 68.8 Å². The molecule has 2 fully saturated rings. The van der Waals surface area contributed by atoms with E-state index in [9.17, 15) is 53.1 Å². The molecule has 0 bridgehead atoms. The quantitative estimate of drug-likeness (QED) is 0.160. The van der Waals surface area contributed by atoms with E-state index in [1.807, 2.05) is 6.92 Å². The molecule has 0 spiro atoms. The first-order valence-corrected chi connectivity index (χ1v) is 30.1. The highest BCUT2D eigenvalue weighted by atomic mass is 16.5. The standard InChI is InChI=1S/C62H96N12O13/c1-16-40(6)51-55(79)64-46(37-87-36-41(7)75)57(81)72(14)61(85)68(10)47(33-39(4)5)53(77)65-50(60(84)74-30-24-19-25-31-74)59(83)67(9)42(8)52(76)63-45(32-38(2)3)56(80)71(13)62(86)69(11)48(34-43-26-20-17-21-27-43)54(78)66-73(15)49(58(82)70(51)12)35-44-28-22-18-23-29-44/h17-18,20-23,26-29,38-42,45-51,75H,16,19,24-25,30-37H2,1-15H3,(H,63,76)(H,64,79)(H,65,77)(H,66,78)/t40-,41+,42-,45-,46-,47-,48-,49-,50-,51-/m0/s1. The van der Waals surface area contributed by atoms with E-state index in [1.165, 1.54) is 70.9 Å². The summed E-state index contributed by atoms with van der Waals surface area (Å²) < 4.78 is 5.71. The van der Waals surface area contributed by atoms with Gasteiger partial charge in [0.2, 0.25) is 23.6 Å². The lowest BCUT2D eigenvalue weighted by atomic mass is 9.95. The van der Waals surface area contributed by atoms with Crippen molar-refractivity contribution in [3.05, 3.63) is 71.8 Å². The molecule has 25 nitrogen and oxygen atoms in total. The van der Waals surface area contributed by atoms with Crippen LogP contribution in [0.3, 0.4) is 0 Å². The Morgan fingerprint density at radius 2 is 1.06 bits per heavy atom. The van der Waals surface area contributed by atoms with Crippen LogP contribution in [0.15, 0.2) is 60.7 Å². The zero-order chi connectivity index (χ0) is 65.1. The summed E-state index contributed by atoms with van der Waals surface area (Å²) in [5.74, 6) is -8.71. The molecule has 5 N–H and O–H groups in total. The fourth-order valence-corrected chi connectivity index (χ4v) is 10.6. The number of aliphatic hydroxyl groups is 1. The van der Waals surface area contributed by atoms with Crippen LogP contribution < -0.4 is 21.4 Å². The number of piperidine rings is 1. The molecule has 0 unspecified atom stereocenters. The molecule has 2 aromatic carbocycles.